The number of fused-ring (bicyclic) bond motifs is 3. The fourth-order valence-electron chi connectivity index (χ4n) is 3.69. The summed E-state index contributed by atoms with van der Waals surface area (Å²) >= 11 is 8.45. The highest BCUT2D eigenvalue weighted by atomic mass is 35.5. The Morgan fingerprint density at radius 3 is 2.55 bits per heavy atom. The monoisotopic (exact) mass is 423 g/mol. The van der Waals surface area contributed by atoms with E-state index >= 15 is 0 Å². The highest BCUT2D eigenvalue weighted by Gasteiger charge is 2.17. The topological polar surface area (TPSA) is 30.7 Å². The molecule has 5 heteroatoms. The van der Waals surface area contributed by atoms with Gasteiger partial charge >= 0.3 is 0 Å². The molecule has 0 bridgehead atoms. The number of imidazole rings is 1. The Balaban J connectivity index is 1.57. The summed E-state index contributed by atoms with van der Waals surface area (Å²) in [6.45, 7) is 3.19. The molecule has 0 radical (unpaired) electrons. The normalized spacial score (nSPS) is 11.5. The average molecular weight is 424 g/mol. The van der Waals surface area contributed by atoms with Crippen molar-refractivity contribution in [2.75, 3.05) is 5.75 Å². The third kappa shape index (κ3) is 4.59. The maximum absolute atomic E-state index is 6.52. The van der Waals surface area contributed by atoms with Gasteiger partial charge in [0.1, 0.15) is 11.3 Å². The minimum Gasteiger partial charge on any atom is -0.327 e. The first kappa shape index (κ1) is 20.2. The van der Waals surface area contributed by atoms with Crippen LogP contribution in [0.5, 0.6) is 0 Å². The summed E-state index contributed by atoms with van der Waals surface area (Å²) in [6, 6.07) is 18.9. The average Bonchev–Trinajstić information content (AvgIpc) is 3.12. The second-order valence-corrected chi connectivity index (χ2v) is 8.80. The minimum atomic E-state index is 0.509. The number of unbranched alkanes of at least 4 members (excludes halogenated alkanes) is 2. The van der Waals surface area contributed by atoms with Gasteiger partial charge < -0.3 is 4.57 Å². The van der Waals surface area contributed by atoms with E-state index in [-0.39, 0.29) is 0 Å². The number of aryl methyl sites for hydroxylation is 2. The number of pyridine rings is 1. The standard InChI is InChI=1S/C24H26ClN3S/c1-2-3-15-21-27-22-23(19-13-7-8-14-20(19)26-24(22)25)28(21)16-9-10-17-29-18-11-5-4-6-12-18/h4-8,11-14H,2-3,9-10,15-17H2,1H3. The maximum atomic E-state index is 6.52. The Kier molecular flexibility index (Phi) is 6.73. The molecule has 0 atom stereocenters. The van der Waals surface area contributed by atoms with E-state index in [1.807, 2.05) is 23.9 Å². The maximum Gasteiger partial charge on any atom is 0.157 e. The van der Waals surface area contributed by atoms with Crippen molar-refractivity contribution in [1.29, 1.82) is 0 Å². The van der Waals surface area contributed by atoms with Gasteiger partial charge in [-0.1, -0.05) is 61.3 Å². The zero-order chi connectivity index (χ0) is 20.1. The van der Waals surface area contributed by atoms with Crippen LogP contribution in [0.25, 0.3) is 21.9 Å². The first-order valence-electron chi connectivity index (χ1n) is 10.4. The van der Waals surface area contributed by atoms with E-state index in [2.05, 4.69) is 58.9 Å². The zero-order valence-electron chi connectivity index (χ0n) is 16.8. The SMILES string of the molecule is CCCCc1nc2c(Cl)nc3ccccc3c2n1CCCCSc1ccccc1. The van der Waals surface area contributed by atoms with Crippen LogP contribution in [-0.2, 0) is 13.0 Å². The van der Waals surface area contributed by atoms with Gasteiger partial charge in [-0.05, 0) is 43.2 Å². The second-order valence-electron chi connectivity index (χ2n) is 7.27. The van der Waals surface area contributed by atoms with Gasteiger partial charge in [-0.2, -0.15) is 0 Å². The van der Waals surface area contributed by atoms with Gasteiger partial charge in [-0.15, -0.1) is 11.8 Å². The van der Waals surface area contributed by atoms with Crippen molar-refractivity contribution in [2.24, 2.45) is 0 Å². The van der Waals surface area contributed by atoms with Crippen LogP contribution in [0.15, 0.2) is 59.5 Å². The first-order valence-corrected chi connectivity index (χ1v) is 11.8. The fraction of sp³-hybridized carbons (Fsp3) is 0.333. The van der Waals surface area contributed by atoms with E-state index in [4.69, 9.17) is 16.6 Å². The molecular formula is C24H26ClN3S. The van der Waals surface area contributed by atoms with E-state index in [1.54, 1.807) is 0 Å². The molecule has 2 heterocycles. The number of aromatic nitrogens is 3. The van der Waals surface area contributed by atoms with Crippen molar-refractivity contribution in [3.8, 4) is 0 Å². The molecule has 0 saturated carbocycles. The van der Waals surface area contributed by atoms with Crippen molar-refractivity contribution >= 4 is 45.3 Å². The van der Waals surface area contributed by atoms with Gasteiger partial charge in [-0.3, -0.25) is 0 Å². The Hall–Kier alpha value is -2.04. The Labute approximate surface area is 181 Å². The molecule has 0 amide bonds. The molecule has 0 aliphatic heterocycles. The van der Waals surface area contributed by atoms with Crippen LogP contribution in [0.1, 0.15) is 38.4 Å². The molecule has 2 aromatic heterocycles. The summed E-state index contributed by atoms with van der Waals surface area (Å²) in [5.74, 6) is 2.27. The Morgan fingerprint density at radius 1 is 0.931 bits per heavy atom. The summed E-state index contributed by atoms with van der Waals surface area (Å²) in [7, 11) is 0. The van der Waals surface area contributed by atoms with E-state index in [0.717, 1.165) is 65.7 Å². The van der Waals surface area contributed by atoms with Crippen molar-refractivity contribution in [3.63, 3.8) is 0 Å². The molecule has 2 aromatic carbocycles. The summed E-state index contributed by atoms with van der Waals surface area (Å²) in [4.78, 5) is 10.8. The molecule has 29 heavy (non-hydrogen) atoms. The number of nitrogens with zero attached hydrogens (tertiary/aromatic N) is 3. The van der Waals surface area contributed by atoms with Crippen LogP contribution in [-0.4, -0.2) is 20.3 Å². The van der Waals surface area contributed by atoms with Crippen molar-refractivity contribution in [1.82, 2.24) is 14.5 Å². The van der Waals surface area contributed by atoms with Gasteiger partial charge in [0, 0.05) is 23.2 Å². The van der Waals surface area contributed by atoms with Crippen LogP contribution >= 0.6 is 23.4 Å². The van der Waals surface area contributed by atoms with Crippen LogP contribution in [0, 0.1) is 0 Å². The van der Waals surface area contributed by atoms with Gasteiger partial charge in [0.2, 0.25) is 0 Å². The minimum absolute atomic E-state index is 0.509. The quantitative estimate of drug-likeness (QED) is 0.162. The van der Waals surface area contributed by atoms with E-state index in [0.29, 0.717) is 5.15 Å². The van der Waals surface area contributed by atoms with E-state index in [1.165, 1.54) is 11.3 Å². The van der Waals surface area contributed by atoms with Gasteiger partial charge in [0.05, 0.1) is 11.0 Å². The van der Waals surface area contributed by atoms with Crippen molar-refractivity contribution in [2.45, 2.75) is 50.5 Å². The van der Waals surface area contributed by atoms with Gasteiger partial charge in [0.15, 0.2) is 5.15 Å². The number of hydrogen-bond donors (Lipinski definition) is 0. The lowest BCUT2D eigenvalue weighted by Crippen LogP contribution is -2.05. The van der Waals surface area contributed by atoms with E-state index < -0.39 is 0 Å². The Morgan fingerprint density at radius 2 is 1.72 bits per heavy atom. The highest BCUT2D eigenvalue weighted by Crippen LogP contribution is 2.31. The van der Waals surface area contributed by atoms with Crippen molar-refractivity contribution in [3.05, 3.63) is 65.6 Å². The number of hydrogen-bond acceptors (Lipinski definition) is 3. The zero-order valence-corrected chi connectivity index (χ0v) is 18.3. The molecule has 0 N–H and O–H groups in total. The number of para-hydroxylation sites is 1. The summed E-state index contributed by atoms with van der Waals surface area (Å²) < 4.78 is 2.40. The van der Waals surface area contributed by atoms with E-state index in [9.17, 15) is 0 Å². The smallest absolute Gasteiger partial charge is 0.157 e. The molecule has 0 aliphatic rings. The lowest BCUT2D eigenvalue weighted by Gasteiger charge is -2.11. The summed E-state index contributed by atoms with van der Waals surface area (Å²) in [6.07, 6.45) is 5.57. The van der Waals surface area contributed by atoms with Crippen LogP contribution in [0.3, 0.4) is 0 Å². The van der Waals surface area contributed by atoms with Crippen LogP contribution in [0.2, 0.25) is 5.15 Å². The molecule has 0 aliphatic carbocycles. The second kappa shape index (κ2) is 9.64. The fourth-order valence-corrected chi connectivity index (χ4v) is 4.85. The molecule has 0 unspecified atom stereocenters. The number of halogens is 1. The first-order chi connectivity index (χ1) is 14.3. The summed E-state index contributed by atoms with van der Waals surface area (Å²) in [5.41, 5.74) is 2.92. The molecule has 4 rings (SSSR count). The molecule has 4 aromatic rings. The predicted octanol–water partition coefficient (Wildman–Crippen LogP) is 7.15. The molecule has 3 nitrogen and oxygen atoms in total. The number of benzene rings is 2. The van der Waals surface area contributed by atoms with Gasteiger partial charge in [-0.25, -0.2) is 9.97 Å². The molecule has 0 fully saturated rings. The van der Waals surface area contributed by atoms with Gasteiger partial charge in [0.25, 0.3) is 0 Å². The largest absolute Gasteiger partial charge is 0.327 e. The molecule has 0 saturated heterocycles. The molecule has 150 valence electrons. The predicted molar refractivity (Wildman–Crippen MR) is 125 cm³/mol. The number of thioether (sulfide) groups is 1. The third-order valence-corrected chi connectivity index (χ3v) is 6.52. The molecular weight excluding hydrogens is 398 g/mol. The summed E-state index contributed by atoms with van der Waals surface area (Å²) in [5, 5.41) is 1.65. The lowest BCUT2D eigenvalue weighted by molar-refractivity contribution is 0.607. The molecule has 0 spiro atoms. The number of rotatable bonds is 9. The third-order valence-electron chi connectivity index (χ3n) is 5.16. The van der Waals surface area contributed by atoms with Crippen LogP contribution < -0.4 is 0 Å². The lowest BCUT2D eigenvalue weighted by atomic mass is 10.2. The van der Waals surface area contributed by atoms with Crippen molar-refractivity contribution < 1.29 is 0 Å². The highest BCUT2D eigenvalue weighted by molar-refractivity contribution is 7.99. The van der Waals surface area contributed by atoms with Crippen LogP contribution in [0.4, 0.5) is 0 Å². The Bertz CT molecular complexity index is 1090.